The molecule has 23 heavy (non-hydrogen) atoms. The van der Waals surface area contributed by atoms with E-state index in [0.29, 0.717) is 28.5 Å². The maximum absolute atomic E-state index is 12.1. The van der Waals surface area contributed by atoms with Crippen molar-refractivity contribution in [3.63, 3.8) is 0 Å². The Bertz CT molecular complexity index is 825. The molecule has 0 aliphatic heterocycles. The summed E-state index contributed by atoms with van der Waals surface area (Å²) in [5, 5.41) is 10.9. The number of carbonyl (C=O) groups excluding carboxylic acids is 1. The number of benzene rings is 1. The summed E-state index contributed by atoms with van der Waals surface area (Å²) >= 11 is 1.07. The first-order chi connectivity index (χ1) is 11.3. The quantitative estimate of drug-likeness (QED) is 0.773. The molecule has 1 aliphatic rings. The van der Waals surface area contributed by atoms with Crippen LogP contribution in [-0.2, 0) is 6.54 Å². The fourth-order valence-corrected chi connectivity index (χ4v) is 2.69. The molecule has 0 unspecified atom stereocenters. The van der Waals surface area contributed by atoms with E-state index in [1.807, 2.05) is 30.3 Å². The number of aromatic nitrogens is 4. The van der Waals surface area contributed by atoms with E-state index in [-0.39, 0.29) is 12.5 Å². The van der Waals surface area contributed by atoms with Gasteiger partial charge in [-0.15, -0.1) is 10.2 Å². The first-order valence-corrected chi connectivity index (χ1v) is 8.06. The van der Waals surface area contributed by atoms with Crippen molar-refractivity contribution in [1.29, 1.82) is 0 Å². The summed E-state index contributed by atoms with van der Waals surface area (Å²) in [6.07, 6.45) is 2.20. The molecule has 1 N–H and O–H groups in total. The van der Waals surface area contributed by atoms with Crippen LogP contribution >= 0.6 is 11.5 Å². The maximum Gasteiger partial charge on any atom is 0.282 e. The molecule has 8 heteroatoms. The van der Waals surface area contributed by atoms with Crippen LogP contribution in [0.2, 0.25) is 0 Å². The van der Waals surface area contributed by atoms with Crippen LogP contribution in [0.15, 0.2) is 34.7 Å². The fraction of sp³-hybridized carbons (Fsp3) is 0.267. The average Bonchev–Trinajstić information content (AvgIpc) is 3.14. The number of carbonyl (C=O) groups is 1. The summed E-state index contributed by atoms with van der Waals surface area (Å²) in [4.78, 5) is 16.4. The van der Waals surface area contributed by atoms with E-state index in [4.69, 9.17) is 4.42 Å². The molecule has 0 spiro atoms. The van der Waals surface area contributed by atoms with Crippen LogP contribution in [0.4, 0.5) is 0 Å². The van der Waals surface area contributed by atoms with Gasteiger partial charge in [-0.3, -0.25) is 4.79 Å². The fourth-order valence-electron chi connectivity index (χ4n) is 2.08. The van der Waals surface area contributed by atoms with Crippen molar-refractivity contribution in [2.75, 3.05) is 0 Å². The van der Waals surface area contributed by atoms with E-state index in [2.05, 4.69) is 24.9 Å². The number of amides is 1. The van der Waals surface area contributed by atoms with E-state index in [1.54, 1.807) is 0 Å². The van der Waals surface area contributed by atoms with Crippen molar-refractivity contribution in [2.24, 2.45) is 0 Å². The smallest absolute Gasteiger partial charge is 0.282 e. The zero-order valence-corrected chi connectivity index (χ0v) is 12.9. The van der Waals surface area contributed by atoms with Crippen LogP contribution in [0, 0.1) is 0 Å². The van der Waals surface area contributed by atoms with Gasteiger partial charge in [0.1, 0.15) is 0 Å². The third-order valence-corrected chi connectivity index (χ3v) is 4.18. The molecular weight excluding hydrogens is 314 g/mol. The highest BCUT2D eigenvalue weighted by atomic mass is 32.1. The van der Waals surface area contributed by atoms with Crippen LogP contribution in [0.25, 0.3) is 11.4 Å². The summed E-state index contributed by atoms with van der Waals surface area (Å²) in [6.45, 7) is 0.193. The molecule has 0 atom stereocenters. The molecule has 116 valence electrons. The Labute approximate surface area is 135 Å². The molecule has 3 aromatic rings. The van der Waals surface area contributed by atoms with Crippen molar-refractivity contribution in [1.82, 2.24) is 24.9 Å². The van der Waals surface area contributed by atoms with Gasteiger partial charge < -0.3 is 9.73 Å². The van der Waals surface area contributed by atoms with Gasteiger partial charge in [-0.2, -0.15) is 4.37 Å². The summed E-state index contributed by atoms with van der Waals surface area (Å²) in [6, 6.07) is 9.54. The number of nitrogens with one attached hydrogen (secondary N) is 1. The molecule has 1 saturated carbocycles. The molecule has 1 aromatic carbocycles. The summed E-state index contributed by atoms with van der Waals surface area (Å²) in [5.41, 5.74) is 0.883. The molecule has 1 aliphatic carbocycles. The lowest BCUT2D eigenvalue weighted by molar-refractivity contribution is 0.0947. The van der Waals surface area contributed by atoms with Crippen LogP contribution in [0.3, 0.4) is 0 Å². The molecule has 1 fully saturated rings. The van der Waals surface area contributed by atoms with Gasteiger partial charge in [0, 0.05) is 11.5 Å². The standard InChI is InChI=1S/C15H13N5O2S/c21-13(16-8-11-18-19-14(22-11)10-6-7-10)15-17-12(20-23-15)9-4-2-1-3-5-9/h1-5,10H,6-8H2,(H,16,21). The average molecular weight is 327 g/mol. The Morgan fingerprint density at radius 1 is 1.26 bits per heavy atom. The lowest BCUT2D eigenvalue weighted by Crippen LogP contribution is -2.22. The van der Waals surface area contributed by atoms with Gasteiger partial charge in [-0.25, -0.2) is 4.98 Å². The minimum absolute atomic E-state index is 0.193. The van der Waals surface area contributed by atoms with Crippen LogP contribution in [0.1, 0.15) is 40.3 Å². The molecule has 4 rings (SSSR count). The lowest BCUT2D eigenvalue weighted by atomic mass is 10.2. The Balaban J connectivity index is 1.39. The van der Waals surface area contributed by atoms with Crippen molar-refractivity contribution >= 4 is 17.4 Å². The van der Waals surface area contributed by atoms with Gasteiger partial charge in [0.05, 0.1) is 6.54 Å². The van der Waals surface area contributed by atoms with Crippen molar-refractivity contribution in [3.05, 3.63) is 47.1 Å². The Morgan fingerprint density at radius 3 is 2.87 bits per heavy atom. The monoisotopic (exact) mass is 327 g/mol. The van der Waals surface area contributed by atoms with Crippen molar-refractivity contribution in [2.45, 2.75) is 25.3 Å². The Kier molecular flexibility index (Phi) is 3.58. The second-order valence-electron chi connectivity index (χ2n) is 5.28. The van der Waals surface area contributed by atoms with E-state index in [9.17, 15) is 4.79 Å². The largest absolute Gasteiger partial charge is 0.423 e. The zero-order valence-electron chi connectivity index (χ0n) is 12.1. The van der Waals surface area contributed by atoms with Crippen LogP contribution in [-0.4, -0.2) is 25.5 Å². The summed E-state index contributed by atoms with van der Waals surface area (Å²) < 4.78 is 9.72. The Morgan fingerprint density at radius 2 is 2.09 bits per heavy atom. The normalized spacial score (nSPS) is 13.9. The predicted octanol–water partition coefficient (Wildman–Crippen LogP) is 2.40. The molecule has 0 saturated heterocycles. The van der Waals surface area contributed by atoms with Gasteiger partial charge in [0.2, 0.25) is 16.8 Å². The van der Waals surface area contributed by atoms with Crippen LogP contribution in [0.5, 0.6) is 0 Å². The SMILES string of the molecule is O=C(NCc1nnc(C2CC2)o1)c1nc(-c2ccccc2)ns1. The minimum atomic E-state index is -0.296. The first kappa shape index (κ1) is 14.0. The molecule has 1 amide bonds. The third-order valence-electron chi connectivity index (χ3n) is 3.46. The van der Waals surface area contributed by atoms with Crippen molar-refractivity contribution < 1.29 is 9.21 Å². The maximum atomic E-state index is 12.1. The second kappa shape index (κ2) is 5.88. The zero-order chi connectivity index (χ0) is 15.6. The highest BCUT2D eigenvalue weighted by Crippen LogP contribution is 2.38. The topological polar surface area (TPSA) is 93.8 Å². The number of rotatable bonds is 5. The lowest BCUT2D eigenvalue weighted by Gasteiger charge is -1.97. The third kappa shape index (κ3) is 3.11. The number of hydrogen-bond acceptors (Lipinski definition) is 7. The van der Waals surface area contributed by atoms with Gasteiger partial charge in [0.15, 0.2) is 5.82 Å². The van der Waals surface area contributed by atoms with Gasteiger partial charge >= 0.3 is 0 Å². The van der Waals surface area contributed by atoms with Gasteiger partial charge in [-0.05, 0) is 24.4 Å². The minimum Gasteiger partial charge on any atom is -0.423 e. The van der Waals surface area contributed by atoms with E-state index < -0.39 is 0 Å². The first-order valence-electron chi connectivity index (χ1n) is 7.29. The highest BCUT2D eigenvalue weighted by Gasteiger charge is 2.29. The van der Waals surface area contributed by atoms with Crippen molar-refractivity contribution in [3.8, 4) is 11.4 Å². The van der Waals surface area contributed by atoms with Crippen LogP contribution < -0.4 is 5.32 Å². The van der Waals surface area contributed by atoms with E-state index >= 15 is 0 Å². The second-order valence-corrected chi connectivity index (χ2v) is 6.03. The summed E-state index contributed by atoms with van der Waals surface area (Å²) in [7, 11) is 0. The molecule has 2 aromatic heterocycles. The number of hydrogen-bond donors (Lipinski definition) is 1. The van der Waals surface area contributed by atoms with Gasteiger partial charge in [0.25, 0.3) is 5.91 Å². The Hall–Kier alpha value is -2.61. The highest BCUT2D eigenvalue weighted by molar-refractivity contribution is 7.07. The molecule has 7 nitrogen and oxygen atoms in total. The molecule has 2 heterocycles. The number of nitrogens with zero attached hydrogens (tertiary/aromatic N) is 4. The molecular formula is C15H13N5O2S. The van der Waals surface area contributed by atoms with E-state index in [0.717, 1.165) is 29.9 Å². The molecule has 0 bridgehead atoms. The van der Waals surface area contributed by atoms with E-state index in [1.165, 1.54) is 0 Å². The van der Waals surface area contributed by atoms with Gasteiger partial charge in [-0.1, -0.05) is 30.3 Å². The predicted molar refractivity (Wildman–Crippen MR) is 82.8 cm³/mol. The molecule has 0 radical (unpaired) electrons. The summed E-state index contributed by atoms with van der Waals surface area (Å²) in [5.74, 6) is 1.73.